The molecule has 2 spiro atoms. The van der Waals surface area contributed by atoms with E-state index in [1.54, 1.807) is 6.07 Å². The van der Waals surface area contributed by atoms with Crippen molar-refractivity contribution < 1.29 is 37.6 Å². The van der Waals surface area contributed by atoms with Gasteiger partial charge in [0.2, 0.25) is 5.36 Å². The minimum absolute atomic E-state index is 0. The highest BCUT2D eigenvalue weighted by Crippen LogP contribution is 2.62. The third-order valence-electron chi connectivity index (χ3n) is 21.1. The van der Waals surface area contributed by atoms with E-state index in [1.165, 1.54) is 0 Å². The quantitative estimate of drug-likeness (QED) is 0.0147. The van der Waals surface area contributed by atoms with Crippen LogP contribution in [0.3, 0.4) is 0 Å². The van der Waals surface area contributed by atoms with Crippen LogP contribution >= 0.6 is 88.2 Å². The van der Waals surface area contributed by atoms with Gasteiger partial charge in [-0.3, -0.25) is 14.2 Å². The number of anilines is 5. The first-order valence-corrected chi connectivity index (χ1v) is 44.5. The number of ether oxygens (including phenoxy) is 3. The Balaban J connectivity index is 0.000000182. The summed E-state index contributed by atoms with van der Waals surface area (Å²) in [6, 6.07) is 61.2. The van der Waals surface area contributed by atoms with Gasteiger partial charge >= 0.3 is 11.2 Å². The number of thiol groups is 2. The van der Waals surface area contributed by atoms with Gasteiger partial charge in [-0.25, -0.2) is 9.37 Å². The van der Waals surface area contributed by atoms with Crippen LogP contribution in [0.1, 0.15) is 148 Å². The van der Waals surface area contributed by atoms with E-state index in [0.717, 1.165) is 213 Å². The molecule has 24 heteroatoms. The lowest BCUT2D eigenvalue weighted by molar-refractivity contribution is 0.0224. The zero-order valence-electron chi connectivity index (χ0n) is 65.9. The molecule has 16 nitrogen and oxygen atoms in total. The number of hydrogen-bond acceptors (Lipinski definition) is 16. The predicted molar refractivity (Wildman–Crippen MR) is 477 cm³/mol. The zero-order chi connectivity index (χ0) is 80.1. The van der Waals surface area contributed by atoms with Crippen LogP contribution in [0.25, 0.3) is 33.4 Å². The summed E-state index contributed by atoms with van der Waals surface area (Å²) >= 11 is 28.2. The van der Waals surface area contributed by atoms with Gasteiger partial charge in [0, 0.05) is 210 Å². The lowest BCUT2D eigenvalue weighted by Gasteiger charge is -2.44. The van der Waals surface area contributed by atoms with Crippen molar-refractivity contribution in [2.45, 2.75) is 94.2 Å². The van der Waals surface area contributed by atoms with E-state index >= 15 is 0 Å². The van der Waals surface area contributed by atoms with Gasteiger partial charge in [-0.15, -0.1) is 12.4 Å². The highest BCUT2D eigenvalue weighted by Gasteiger charge is 2.57. The SMILES string of the molecule is CCN(CC)c1ccc2c(-c3ccccc3C(=O)Cl)c3ccc(=[N+](CC)CC)cc-3oc2c1.CCN(CC)c1ccc2c(c1)Oc1cc(N(CC)CC)ccc1C21OC(=O)c2ccccc21.CCN(CC)c1ccc2c(c1)Oc1cc(N(CC)CC)ccc1C21c2ccccc2C(=O)N1CCS.Cl.NCCS.O=P(Cl)(Cl)Cl. The van der Waals surface area contributed by atoms with Crippen molar-refractivity contribution >= 4 is 145 Å². The normalized spacial score (nSPS) is 13.2. The molecular formula is C88H103Cl5N8O8PS2+. The highest BCUT2D eigenvalue weighted by atomic mass is 36.0. The first-order valence-electron chi connectivity index (χ1n) is 38.5. The molecule has 1 aliphatic carbocycles. The second kappa shape index (κ2) is 39.4. The van der Waals surface area contributed by atoms with Gasteiger partial charge in [0.15, 0.2) is 5.60 Å². The average Bonchev–Trinajstić information content (AvgIpc) is 1.55. The summed E-state index contributed by atoms with van der Waals surface area (Å²) < 4.78 is 37.8. The molecule has 0 aromatic heterocycles. The van der Waals surface area contributed by atoms with Gasteiger partial charge in [0.25, 0.3) is 11.1 Å². The Kier molecular flexibility index (Phi) is 30.9. The van der Waals surface area contributed by atoms with Crippen LogP contribution in [0.4, 0.5) is 28.4 Å². The second-order valence-corrected chi connectivity index (χ2v) is 34.5. The summed E-state index contributed by atoms with van der Waals surface area (Å²) in [5, 5.41) is -1.62. The molecule has 5 heterocycles. The van der Waals surface area contributed by atoms with Crippen LogP contribution in [-0.4, -0.2) is 125 Å². The number of nitrogens with zero attached hydrogens (tertiary/aromatic N) is 7. The Labute approximate surface area is 697 Å². The average molecular weight is 1670 g/mol. The fourth-order valence-electron chi connectivity index (χ4n) is 15.8. The van der Waals surface area contributed by atoms with E-state index in [-0.39, 0.29) is 24.3 Å². The molecule has 2 N–H and O–H groups in total. The van der Waals surface area contributed by atoms with E-state index < -0.39 is 21.6 Å². The number of carbonyl (C=O) groups is 3. The molecule has 0 radical (unpaired) electrons. The maximum absolute atomic E-state index is 13.9. The molecule has 8 aromatic rings. The smallest absolute Gasteiger partial charge is 0.340 e. The largest absolute Gasteiger partial charge is 0.456 e. The van der Waals surface area contributed by atoms with Gasteiger partial charge in [-0.2, -0.15) is 25.3 Å². The lowest BCUT2D eigenvalue weighted by atomic mass is 9.74. The van der Waals surface area contributed by atoms with Crippen LogP contribution in [0, 0.1) is 0 Å². The number of hydrogen-bond donors (Lipinski definition) is 3. The standard InChI is InChI=1S/C30H35N3O2S.C28H30ClN2O2.C28H30N2O3.C2H7NS.Cl3OP.ClH/c1-5-31(6-2)21-13-15-25-27(19-21)35-28-20-22(32(7-3)8-4)14-16-26(28)30(25)24-12-10-9-11-23(24)29(34)33(30)17-18-36;1-5-30(6-2)19-13-15-23-25(17-19)33-26-18-20(31(7-3)8-4)14-16-24(26)27(23)21-11-9-10-12-22(21)28(29)32;1-5-29(6-2)19-13-15-23-25(17-19)32-26-18-20(30(7-3)8-4)14-16-24(26)28(23)22-12-10-9-11-21(22)27(31)33-28;3-1-2-4;1-5(2,3)4;/h9-16,19-20,36H,5-8,17-18H2,1-4H3;2*9-18H,5-8H2,1-4H3;4H,1-3H2;;1H/q;+1;;;;. The topological polar surface area (TPSA) is 158 Å². The van der Waals surface area contributed by atoms with Crippen molar-refractivity contribution in [3.05, 3.63) is 237 Å². The molecule has 0 atom stereocenters. The molecule has 594 valence electrons. The van der Waals surface area contributed by atoms with E-state index in [4.69, 9.17) is 36.0 Å². The number of benzene rings is 9. The minimum atomic E-state index is -3.22. The Morgan fingerprint density at radius 2 is 0.875 bits per heavy atom. The summed E-state index contributed by atoms with van der Waals surface area (Å²) in [6.45, 7) is 38.0. The molecule has 0 saturated heterocycles. The molecule has 8 aromatic carbocycles. The van der Waals surface area contributed by atoms with Gasteiger partial charge in [0.1, 0.15) is 53.0 Å². The van der Waals surface area contributed by atoms with E-state index in [0.29, 0.717) is 30.0 Å². The Hall–Kier alpha value is -8.00. The van der Waals surface area contributed by atoms with Crippen molar-refractivity contribution in [1.82, 2.24) is 9.48 Å². The summed E-state index contributed by atoms with van der Waals surface area (Å²) in [5.74, 6) is 4.96. The number of nitrogens with two attached hydrogens (primary N) is 1. The highest BCUT2D eigenvalue weighted by molar-refractivity contribution is 8.24. The maximum atomic E-state index is 13.9. The third-order valence-corrected chi connectivity index (χ3v) is 21.8. The summed E-state index contributed by atoms with van der Waals surface area (Å²) in [4.78, 5) is 52.6. The van der Waals surface area contributed by atoms with Crippen molar-refractivity contribution in [1.29, 1.82) is 0 Å². The van der Waals surface area contributed by atoms with Crippen molar-refractivity contribution in [3.8, 4) is 45.4 Å². The molecule has 14 rings (SSSR count). The number of esters is 1. The van der Waals surface area contributed by atoms with E-state index in [9.17, 15) is 18.9 Å². The van der Waals surface area contributed by atoms with Crippen LogP contribution in [0.15, 0.2) is 186 Å². The summed E-state index contributed by atoms with van der Waals surface area (Å²) in [6.07, 6.45) is 0. The zero-order valence-corrected chi connectivity index (χ0v) is 72.4. The molecular weight excluding hydrogens is 1570 g/mol. The molecule has 0 fully saturated rings. The van der Waals surface area contributed by atoms with Gasteiger partial charge in [0.05, 0.1) is 11.6 Å². The fourth-order valence-corrected chi connectivity index (χ4v) is 16.2. The monoisotopic (exact) mass is 1670 g/mol. The summed E-state index contributed by atoms with van der Waals surface area (Å²) in [7, 11) is 0. The Bertz CT molecular complexity index is 4920. The third kappa shape index (κ3) is 17.8. The number of rotatable bonds is 22. The number of halogens is 5. The Morgan fingerprint density at radius 3 is 1.30 bits per heavy atom. The second-order valence-electron chi connectivity index (χ2n) is 26.6. The van der Waals surface area contributed by atoms with E-state index in [2.05, 4.69) is 286 Å². The molecule has 5 aliphatic heterocycles. The van der Waals surface area contributed by atoms with Crippen molar-refractivity contribution in [2.24, 2.45) is 5.73 Å². The molecule has 6 aliphatic rings. The number of carbonyl (C=O) groups excluding carboxylic acids is 3. The van der Waals surface area contributed by atoms with Crippen LogP contribution in [-0.2, 0) is 20.4 Å². The maximum Gasteiger partial charge on any atom is 0.340 e. The minimum Gasteiger partial charge on any atom is -0.456 e. The van der Waals surface area contributed by atoms with Gasteiger partial charge < -0.3 is 53.8 Å². The van der Waals surface area contributed by atoms with Crippen molar-refractivity contribution in [3.63, 3.8) is 0 Å². The number of fused-ring (bicyclic) bond motifs is 14. The van der Waals surface area contributed by atoms with Gasteiger partial charge in [-0.1, -0.05) is 66.7 Å². The predicted octanol–water partition coefficient (Wildman–Crippen LogP) is 21.5. The lowest BCUT2D eigenvalue weighted by Crippen LogP contribution is -2.48. The van der Waals surface area contributed by atoms with E-state index in [1.807, 2.05) is 65.6 Å². The van der Waals surface area contributed by atoms with Gasteiger partial charge in [-0.05, 0) is 212 Å². The molecule has 1 amide bonds. The number of amides is 1. The molecule has 0 saturated carbocycles. The first-order chi connectivity index (χ1) is 53.5. The van der Waals surface area contributed by atoms with Crippen LogP contribution in [0.5, 0.6) is 23.0 Å². The molecule has 112 heavy (non-hydrogen) atoms. The molecule has 0 bridgehead atoms. The Morgan fingerprint density at radius 1 is 0.482 bits per heavy atom. The van der Waals surface area contributed by atoms with Crippen LogP contribution in [0.2, 0.25) is 0 Å². The first kappa shape index (κ1) is 88.0. The molecule has 0 unspecified atom stereocenters. The van der Waals surface area contributed by atoms with Crippen molar-refractivity contribution in [2.75, 3.05) is 128 Å². The van der Waals surface area contributed by atoms with Crippen LogP contribution < -0.4 is 49.6 Å². The summed E-state index contributed by atoms with van der Waals surface area (Å²) in [5.41, 5.74) is 19.7. The fraction of sp³-hybridized carbons (Fsp3) is 0.341.